The van der Waals surface area contributed by atoms with Crippen LogP contribution in [0.25, 0.3) is 0 Å². The van der Waals surface area contributed by atoms with Crippen LogP contribution in [-0.2, 0) is 0 Å². The average Bonchev–Trinajstić information content (AvgIpc) is 2.60. The van der Waals surface area contributed by atoms with E-state index in [-0.39, 0.29) is 11.2 Å². The second-order valence-electron chi connectivity index (χ2n) is 7.38. The largest absolute Gasteiger partial charge is 0.512 e. The van der Waals surface area contributed by atoms with Crippen LogP contribution in [0, 0.1) is 10.8 Å². The molecule has 146 valence electrons. The molecule has 7 heteroatoms. The number of hydrogen-bond donors (Lipinski definition) is 5. The third kappa shape index (κ3) is 7.50. The van der Waals surface area contributed by atoms with E-state index in [2.05, 4.69) is 10.0 Å². The van der Waals surface area contributed by atoms with E-state index < -0.39 is 6.17 Å². The van der Waals surface area contributed by atoms with Gasteiger partial charge >= 0.3 is 0 Å². The fourth-order valence-electron chi connectivity index (χ4n) is 2.21. The minimum atomic E-state index is -0.522. The summed E-state index contributed by atoms with van der Waals surface area (Å²) in [6.45, 7) is 6.45. The van der Waals surface area contributed by atoms with Crippen molar-refractivity contribution in [3.05, 3.63) is 59.9 Å². The van der Waals surface area contributed by atoms with Crippen LogP contribution in [-0.4, -0.2) is 23.5 Å². The van der Waals surface area contributed by atoms with Gasteiger partial charge in [-0.25, -0.2) is 4.72 Å². The van der Waals surface area contributed by atoms with Gasteiger partial charge in [-0.2, -0.15) is 0 Å². The Hall–Kier alpha value is -2.22. The lowest BCUT2D eigenvalue weighted by atomic mass is 9.93. The average molecular weight is 389 g/mol. The Kier molecular flexibility index (Phi) is 7.53. The highest BCUT2D eigenvalue weighted by Gasteiger charge is 2.16. The molecule has 1 atom stereocenters. The molecular formula is C20H28N4O2S. The van der Waals surface area contributed by atoms with Crippen LogP contribution in [0.2, 0.25) is 0 Å². The number of rotatable bonds is 8. The lowest BCUT2D eigenvalue weighted by Gasteiger charge is -2.19. The van der Waals surface area contributed by atoms with E-state index in [4.69, 9.17) is 15.3 Å². The Labute approximate surface area is 165 Å². The number of allylic oxidation sites excluding steroid dienone is 4. The molecule has 6 N–H and O–H groups in total. The van der Waals surface area contributed by atoms with Crippen LogP contribution in [0.1, 0.15) is 27.2 Å². The van der Waals surface area contributed by atoms with Gasteiger partial charge in [-0.05, 0) is 42.0 Å². The molecule has 1 aromatic carbocycles. The topological polar surface area (TPSA) is 103 Å². The van der Waals surface area contributed by atoms with Gasteiger partial charge in [-0.3, -0.25) is 0 Å². The summed E-state index contributed by atoms with van der Waals surface area (Å²) in [6.07, 6.45) is 7.50. The molecular weight excluding hydrogens is 360 g/mol. The molecule has 6 nitrogen and oxygen atoms in total. The van der Waals surface area contributed by atoms with Crippen molar-refractivity contribution in [1.29, 1.82) is 5.41 Å². The Morgan fingerprint density at radius 1 is 1.37 bits per heavy atom. The molecule has 0 saturated carbocycles. The highest BCUT2D eigenvalue weighted by atomic mass is 32.2. The molecule has 1 unspecified atom stereocenters. The molecule has 0 amide bonds. The van der Waals surface area contributed by atoms with Crippen LogP contribution >= 0.6 is 12.2 Å². The predicted molar refractivity (Wildman–Crippen MR) is 114 cm³/mol. The van der Waals surface area contributed by atoms with Crippen molar-refractivity contribution in [2.45, 2.75) is 33.4 Å². The Balaban J connectivity index is 1.75. The summed E-state index contributed by atoms with van der Waals surface area (Å²) in [5.41, 5.74) is 8.36. The van der Waals surface area contributed by atoms with E-state index in [1.807, 2.05) is 63.3 Å². The van der Waals surface area contributed by atoms with Crippen molar-refractivity contribution in [1.82, 2.24) is 4.72 Å². The van der Waals surface area contributed by atoms with Gasteiger partial charge in [-0.1, -0.05) is 32.9 Å². The summed E-state index contributed by atoms with van der Waals surface area (Å²) in [4.78, 5) is 0. The van der Waals surface area contributed by atoms with Crippen molar-refractivity contribution in [2.75, 3.05) is 11.9 Å². The molecule has 0 spiro atoms. The zero-order valence-corrected chi connectivity index (χ0v) is 16.8. The first-order valence-electron chi connectivity index (χ1n) is 8.77. The number of hydrogen-bond acceptors (Lipinski definition) is 7. The molecule has 1 aliphatic rings. The second kappa shape index (κ2) is 9.64. The standard InChI is InChI=1S/C20H28N4O2S/c1-20(2,3)18(25)12-19(22)24-27-26-17-9-7-16(8-10-17)23-13-14-5-4-6-15(21)11-14/h4-10,12,19,21,23-25H,11,13,22H2,1-3H3/b18-12-,21-15?. The van der Waals surface area contributed by atoms with Crippen LogP contribution in [0.15, 0.2) is 59.9 Å². The van der Waals surface area contributed by atoms with E-state index in [1.54, 1.807) is 6.08 Å². The van der Waals surface area contributed by atoms with Crippen LogP contribution in [0.3, 0.4) is 0 Å². The smallest absolute Gasteiger partial charge is 0.145 e. The fourth-order valence-corrected chi connectivity index (χ4v) is 2.64. The van der Waals surface area contributed by atoms with Crippen LogP contribution < -0.4 is 20.0 Å². The van der Waals surface area contributed by atoms with E-state index in [0.717, 1.165) is 17.9 Å². The van der Waals surface area contributed by atoms with Crippen LogP contribution in [0.4, 0.5) is 5.69 Å². The van der Waals surface area contributed by atoms with Gasteiger partial charge in [-0.15, -0.1) is 0 Å². The first kappa shape index (κ1) is 21.1. The summed E-state index contributed by atoms with van der Waals surface area (Å²) in [5, 5.41) is 21.0. The molecule has 0 fully saturated rings. The third-order valence-electron chi connectivity index (χ3n) is 3.85. The van der Waals surface area contributed by atoms with E-state index in [0.29, 0.717) is 24.4 Å². The highest BCUT2D eigenvalue weighted by molar-refractivity contribution is 7.93. The Morgan fingerprint density at radius 2 is 2.07 bits per heavy atom. The van der Waals surface area contributed by atoms with Gasteiger partial charge in [0.05, 0.1) is 11.9 Å². The van der Waals surface area contributed by atoms with Crippen molar-refractivity contribution in [2.24, 2.45) is 11.1 Å². The number of nitrogens with two attached hydrogens (primary N) is 1. The Bertz CT molecular complexity index is 733. The van der Waals surface area contributed by atoms with Gasteiger partial charge in [0.15, 0.2) is 0 Å². The second-order valence-corrected chi connectivity index (χ2v) is 7.95. The summed E-state index contributed by atoms with van der Waals surface area (Å²) in [6, 6.07) is 7.60. The number of benzene rings is 1. The summed E-state index contributed by atoms with van der Waals surface area (Å²) < 4.78 is 8.45. The number of anilines is 1. The zero-order chi connectivity index (χ0) is 19.9. The Morgan fingerprint density at radius 3 is 2.70 bits per heavy atom. The number of aliphatic hydroxyl groups is 1. The fraction of sp³-hybridized carbons (Fsp3) is 0.350. The maximum absolute atomic E-state index is 9.93. The summed E-state index contributed by atoms with van der Waals surface area (Å²) in [5.74, 6) is 0.924. The lowest BCUT2D eigenvalue weighted by molar-refractivity contribution is 0.273. The van der Waals surface area contributed by atoms with Gasteiger partial charge in [0.2, 0.25) is 0 Å². The zero-order valence-electron chi connectivity index (χ0n) is 16.0. The van der Waals surface area contributed by atoms with Gasteiger partial charge < -0.3 is 25.7 Å². The molecule has 27 heavy (non-hydrogen) atoms. The number of aliphatic hydroxyl groups excluding tert-OH is 1. The quantitative estimate of drug-likeness (QED) is 0.197. The maximum Gasteiger partial charge on any atom is 0.145 e. The van der Waals surface area contributed by atoms with Gasteiger partial charge in [0.25, 0.3) is 0 Å². The molecule has 0 radical (unpaired) electrons. The molecule has 0 aromatic heterocycles. The van der Waals surface area contributed by atoms with Crippen LogP contribution in [0.5, 0.6) is 5.75 Å². The third-order valence-corrected chi connectivity index (χ3v) is 4.49. The summed E-state index contributed by atoms with van der Waals surface area (Å²) in [7, 11) is 0. The molecule has 0 aliphatic heterocycles. The predicted octanol–water partition coefficient (Wildman–Crippen LogP) is 4.31. The highest BCUT2D eigenvalue weighted by Crippen LogP contribution is 2.23. The van der Waals surface area contributed by atoms with Gasteiger partial charge in [0.1, 0.15) is 18.0 Å². The molecule has 1 aromatic rings. The van der Waals surface area contributed by atoms with E-state index >= 15 is 0 Å². The molecule has 0 bridgehead atoms. The minimum Gasteiger partial charge on any atom is -0.512 e. The lowest BCUT2D eigenvalue weighted by Crippen LogP contribution is -2.32. The minimum absolute atomic E-state index is 0.234. The van der Waals surface area contributed by atoms with Crippen molar-refractivity contribution in [3.63, 3.8) is 0 Å². The number of nitrogens with one attached hydrogen (secondary N) is 3. The van der Waals surface area contributed by atoms with E-state index in [9.17, 15) is 5.11 Å². The van der Waals surface area contributed by atoms with E-state index in [1.165, 1.54) is 5.57 Å². The summed E-state index contributed by atoms with van der Waals surface area (Å²) >= 11 is 1.02. The maximum atomic E-state index is 9.93. The van der Waals surface area contributed by atoms with Crippen molar-refractivity contribution in [3.8, 4) is 5.75 Å². The molecule has 0 heterocycles. The SMILES string of the molecule is CC(C)(C)/C(O)=C/C(N)NSOc1ccc(NCC2=CC=CC(=N)C2)cc1. The molecule has 2 rings (SSSR count). The molecule has 0 saturated heterocycles. The van der Waals surface area contributed by atoms with Gasteiger partial charge in [0, 0.05) is 29.8 Å². The first-order chi connectivity index (χ1) is 12.7. The van der Waals surface area contributed by atoms with Crippen molar-refractivity contribution < 1.29 is 9.29 Å². The normalized spacial score (nSPS) is 16.1. The molecule has 1 aliphatic carbocycles. The first-order valence-corrected chi connectivity index (χ1v) is 9.51. The van der Waals surface area contributed by atoms with Crippen molar-refractivity contribution >= 4 is 23.6 Å². The monoisotopic (exact) mass is 388 g/mol.